The molecule has 2 amide bonds. The van der Waals surface area contributed by atoms with Crippen molar-refractivity contribution in [2.45, 2.75) is 19.3 Å². The summed E-state index contributed by atoms with van der Waals surface area (Å²) in [7, 11) is 0. The van der Waals surface area contributed by atoms with E-state index >= 15 is 0 Å². The number of rotatable bonds is 6. The lowest BCUT2D eigenvalue weighted by molar-refractivity contribution is -0.117. The molecule has 150 valence electrons. The molecule has 4 rings (SSSR count). The molecular formula is C25H23N3O2. The van der Waals surface area contributed by atoms with Gasteiger partial charge in [0.1, 0.15) is 0 Å². The van der Waals surface area contributed by atoms with Crippen LogP contribution >= 0.6 is 0 Å². The molecule has 0 saturated carbocycles. The van der Waals surface area contributed by atoms with Crippen molar-refractivity contribution in [1.82, 2.24) is 4.98 Å². The molecule has 3 aromatic rings. The van der Waals surface area contributed by atoms with Gasteiger partial charge in [0, 0.05) is 42.8 Å². The zero-order valence-corrected chi connectivity index (χ0v) is 16.6. The molecule has 30 heavy (non-hydrogen) atoms. The van der Waals surface area contributed by atoms with Gasteiger partial charge in [-0.05, 0) is 72.0 Å². The van der Waals surface area contributed by atoms with Crippen molar-refractivity contribution in [2.75, 3.05) is 16.8 Å². The van der Waals surface area contributed by atoms with Crippen molar-refractivity contribution >= 4 is 29.3 Å². The van der Waals surface area contributed by atoms with Gasteiger partial charge in [-0.25, -0.2) is 0 Å². The van der Waals surface area contributed by atoms with Crippen LogP contribution in [0.3, 0.4) is 0 Å². The number of nitrogens with one attached hydrogen (secondary N) is 1. The average Bonchev–Trinajstić information content (AvgIpc) is 3.21. The van der Waals surface area contributed by atoms with E-state index in [0.29, 0.717) is 6.42 Å². The molecule has 0 aliphatic carbocycles. The number of benzene rings is 2. The lowest BCUT2D eigenvalue weighted by atomic mass is 10.1. The maximum atomic E-state index is 12.2. The molecular weight excluding hydrogens is 374 g/mol. The van der Waals surface area contributed by atoms with Crippen LogP contribution in [0.25, 0.3) is 6.08 Å². The van der Waals surface area contributed by atoms with E-state index in [4.69, 9.17) is 0 Å². The summed E-state index contributed by atoms with van der Waals surface area (Å²) >= 11 is 0. The quantitative estimate of drug-likeness (QED) is 0.625. The molecule has 0 bridgehead atoms. The van der Waals surface area contributed by atoms with Gasteiger partial charge < -0.3 is 10.2 Å². The number of carbonyl (C=O) groups is 2. The zero-order chi connectivity index (χ0) is 20.8. The lowest BCUT2D eigenvalue weighted by Crippen LogP contribution is -2.23. The minimum Gasteiger partial charge on any atom is -0.323 e. The monoisotopic (exact) mass is 397 g/mol. The van der Waals surface area contributed by atoms with Gasteiger partial charge in [0.2, 0.25) is 11.8 Å². The van der Waals surface area contributed by atoms with E-state index in [1.807, 2.05) is 60.7 Å². The summed E-state index contributed by atoms with van der Waals surface area (Å²) in [5.41, 5.74) is 4.95. The minimum atomic E-state index is -0.185. The Kier molecular flexibility index (Phi) is 5.99. The van der Waals surface area contributed by atoms with Crippen LogP contribution < -0.4 is 10.2 Å². The summed E-state index contributed by atoms with van der Waals surface area (Å²) < 4.78 is 0. The molecule has 1 aliphatic rings. The standard InChI is InChI=1S/C25H23N3O2/c29-24(12-7-19-5-10-23(11-6-19)28-17-1-2-25(28)30)27-22-8-3-20(4-9-22)18-21-13-15-26-16-14-21/h3-16H,1-2,17-18H2,(H,27,29)/b12-7+. The number of amides is 2. The summed E-state index contributed by atoms with van der Waals surface area (Å²) in [4.78, 5) is 29.9. The maximum absolute atomic E-state index is 12.2. The Hall–Kier alpha value is -3.73. The van der Waals surface area contributed by atoms with Crippen molar-refractivity contribution in [3.8, 4) is 0 Å². The van der Waals surface area contributed by atoms with Crippen molar-refractivity contribution in [3.05, 3.63) is 95.8 Å². The van der Waals surface area contributed by atoms with Gasteiger partial charge in [-0.15, -0.1) is 0 Å². The summed E-state index contributed by atoms with van der Waals surface area (Å²) in [5.74, 6) is -0.0138. The number of hydrogen-bond donors (Lipinski definition) is 1. The van der Waals surface area contributed by atoms with Crippen LogP contribution in [-0.2, 0) is 16.0 Å². The van der Waals surface area contributed by atoms with Gasteiger partial charge in [0.25, 0.3) is 0 Å². The smallest absolute Gasteiger partial charge is 0.248 e. The van der Waals surface area contributed by atoms with Crippen molar-refractivity contribution in [1.29, 1.82) is 0 Å². The second kappa shape index (κ2) is 9.18. The van der Waals surface area contributed by atoms with Crippen molar-refractivity contribution in [3.63, 3.8) is 0 Å². The van der Waals surface area contributed by atoms with E-state index < -0.39 is 0 Å². The largest absolute Gasteiger partial charge is 0.323 e. The highest BCUT2D eigenvalue weighted by Gasteiger charge is 2.21. The predicted molar refractivity (Wildman–Crippen MR) is 119 cm³/mol. The van der Waals surface area contributed by atoms with E-state index in [1.165, 1.54) is 17.2 Å². The third-order valence-corrected chi connectivity index (χ3v) is 5.08. The van der Waals surface area contributed by atoms with Gasteiger partial charge in [-0.2, -0.15) is 0 Å². The molecule has 0 atom stereocenters. The highest BCUT2D eigenvalue weighted by atomic mass is 16.2. The van der Waals surface area contributed by atoms with Gasteiger partial charge in [-0.3, -0.25) is 14.6 Å². The Morgan fingerprint density at radius 1 is 0.967 bits per heavy atom. The summed E-state index contributed by atoms with van der Waals surface area (Å²) in [6.45, 7) is 0.776. The third kappa shape index (κ3) is 5.00. The molecule has 1 fully saturated rings. The van der Waals surface area contributed by atoms with Crippen molar-refractivity contribution < 1.29 is 9.59 Å². The van der Waals surface area contributed by atoms with E-state index in [0.717, 1.165) is 36.3 Å². The molecule has 2 heterocycles. The fourth-order valence-electron chi connectivity index (χ4n) is 3.48. The number of aromatic nitrogens is 1. The molecule has 0 unspecified atom stereocenters. The molecule has 1 aliphatic heterocycles. The molecule has 0 spiro atoms. The fourth-order valence-corrected chi connectivity index (χ4v) is 3.48. The Morgan fingerprint density at radius 2 is 1.67 bits per heavy atom. The lowest BCUT2D eigenvalue weighted by Gasteiger charge is -2.15. The molecule has 5 heteroatoms. The van der Waals surface area contributed by atoms with E-state index in [9.17, 15) is 9.59 Å². The van der Waals surface area contributed by atoms with E-state index in [2.05, 4.69) is 10.3 Å². The summed E-state index contributed by atoms with van der Waals surface area (Å²) in [6.07, 6.45) is 9.21. The minimum absolute atomic E-state index is 0.171. The van der Waals surface area contributed by atoms with Gasteiger partial charge in [-0.1, -0.05) is 24.3 Å². The molecule has 1 aromatic heterocycles. The number of anilines is 2. The second-order valence-electron chi connectivity index (χ2n) is 7.29. The van der Waals surface area contributed by atoms with Crippen LogP contribution in [0.4, 0.5) is 11.4 Å². The van der Waals surface area contributed by atoms with E-state index in [-0.39, 0.29) is 11.8 Å². The first-order chi connectivity index (χ1) is 14.7. The first-order valence-corrected chi connectivity index (χ1v) is 10.0. The van der Waals surface area contributed by atoms with Crippen molar-refractivity contribution in [2.24, 2.45) is 0 Å². The third-order valence-electron chi connectivity index (χ3n) is 5.08. The molecule has 5 nitrogen and oxygen atoms in total. The van der Waals surface area contributed by atoms with Crippen LogP contribution in [0.1, 0.15) is 29.5 Å². The topological polar surface area (TPSA) is 62.3 Å². The highest BCUT2D eigenvalue weighted by molar-refractivity contribution is 6.02. The van der Waals surface area contributed by atoms with Crippen LogP contribution in [0.2, 0.25) is 0 Å². The molecule has 2 aromatic carbocycles. The number of carbonyl (C=O) groups excluding carboxylic acids is 2. The Morgan fingerprint density at radius 3 is 2.33 bits per heavy atom. The first-order valence-electron chi connectivity index (χ1n) is 10.0. The second-order valence-corrected chi connectivity index (χ2v) is 7.29. The number of nitrogens with zero attached hydrogens (tertiary/aromatic N) is 2. The normalized spacial score (nSPS) is 13.7. The van der Waals surface area contributed by atoms with Gasteiger partial charge in [0.05, 0.1) is 0 Å². The summed E-state index contributed by atoms with van der Waals surface area (Å²) in [6, 6.07) is 19.5. The molecule has 1 saturated heterocycles. The maximum Gasteiger partial charge on any atom is 0.248 e. The zero-order valence-electron chi connectivity index (χ0n) is 16.6. The number of hydrogen-bond acceptors (Lipinski definition) is 3. The Bertz CT molecular complexity index is 1040. The Balaban J connectivity index is 1.31. The average molecular weight is 397 g/mol. The van der Waals surface area contributed by atoms with Gasteiger partial charge in [0.15, 0.2) is 0 Å². The van der Waals surface area contributed by atoms with Crippen LogP contribution in [0, 0.1) is 0 Å². The number of pyridine rings is 1. The predicted octanol–water partition coefficient (Wildman–Crippen LogP) is 4.45. The van der Waals surface area contributed by atoms with Crippen LogP contribution in [0.5, 0.6) is 0 Å². The highest BCUT2D eigenvalue weighted by Crippen LogP contribution is 2.22. The van der Waals surface area contributed by atoms with Crippen LogP contribution in [-0.4, -0.2) is 23.3 Å². The fraction of sp³-hybridized carbons (Fsp3) is 0.160. The van der Waals surface area contributed by atoms with Gasteiger partial charge >= 0.3 is 0 Å². The molecule has 0 radical (unpaired) electrons. The molecule has 1 N–H and O–H groups in total. The van der Waals surface area contributed by atoms with Crippen LogP contribution in [0.15, 0.2) is 79.1 Å². The Labute approximate surface area is 176 Å². The van der Waals surface area contributed by atoms with E-state index in [1.54, 1.807) is 23.4 Å². The summed E-state index contributed by atoms with van der Waals surface area (Å²) in [5, 5.41) is 2.88. The SMILES string of the molecule is O=C(/C=C/c1ccc(N2CCCC2=O)cc1)Nc1ccc(Cc2ccncc2)cc1. The first kappa shape index (κ1) is 19.6.